The Hall–Kier alpha value is -2.26. The molecule has 0 N–H and O–H groups in total. The van der Waals surface area contributed by atoms with Gasteiger partial charge < -0.3 is 5.53 Å². The van der Waals surface area contributed by atoms with Crippen LogP contribution in [0.2, 0.25) is 9.79 Å². The average molecular weight is 1600 g/mol. The summed E-state index contributed by atoms with van der Waals surface area (Å²) in [4.78, 5) is 3.10. The van der Waals surface area contributed by atoms with Gasteiger partial charge in [-0.25, -0.2) is 4.70 Å². The van der Waals surface area contributed by atoms with Crippen molar-refractivity contribution in [2.45, 2.75) is 565 Å². The Bertz CT molecular complexity index is 2270. The zero-order chi connectivity index (χ0) is 78.0. The minimum Gasteiger partial charge on any atom is -0.0654 e. The van der Waals surface area contributed by atoms with Crippen LogP contribution >= 0.6 is 0 Å². The van der Waals surface area contributed by atoms with E-state index in [0.717, 1.165) is 91.0 Å². The third-order valence-electron chi connectivity index (χ3n) is 24.1. The summed E-state index contributed by atoms with van der Waals surface area (Å²) in [5, 5.41) is 0. The molecule has 0 unspecified atom stereocenters. The first-order valence-corrected chi connectivity index (χ1v) is 52.3. The summed E-state index contributed by atoms with van der Waals surface area (Å²) in [6, 6.07) is 17.8. The van der Waals surface area contributed by atoms with Crippen LogP contribution in [-0.2, 0) is 30.8 Å². The molecule has 0 spiro atoms. The topological polar surface area (TPSA) is 25.3 Å². The van der Waals surface area contributed by atoms with E-state index < -0.39 is 0 Å². The number of hydrogen-bond donors (Lipinski definition) is 0. The molecule has 0 saturated heterocycles. The van der Waals surface area contributed by atoms with Gasteiger partial charge in [-0.05, 0) is 80.3 Å². The van der Waals surface area contributed by atoms with E-state index in [2.05, 4.69) is 102 Å². The first-order chi connectivity index (χ1) is 54.1. The maximum absolute atomic E-state index is 11.9. The van der Waals surface area contributed by atoms with Crippen LogP contribution in [0.4, 0.5) is 0 Å². The van der Waals surface area contributed by atoms with E-state index in [1.54, 1.807) is 9.79 Å². The fourth-order valence-corrected chi connectivity index (χ4v) is 18.6. The van der Waals surface area contributed by atoms with Crippen molar-refractivity contribution in [2.24, 2.45) is 0 Å². The summed E-state index contributed by atoms with van der Waals surface area (Å²) in [5.74, 6) is 7.20. The molecule has 3 rings (SSSR count). The van der Waals surface area contributed by atoms with Crippen LogP contribution in [0.15, 0.2) is 59.7 Å². The third kappa shape index (κ3) is 63.6. The van der Waals surface area contributed by atoms with Crippen LogP contribution in [0.25, 0.3) is 16.9 Å². The number of aryl methyl sites for hydroxylation is 2. The van der Waals surface area contributed by atoms with Gasteiger partial charge in [-0.15, -0.1) is 0 Å². The van der Waals surface area contributed by atoms with Gasteiger partial charge >= 0.3 is 169 Å². The number of unbranched alkanes of at least 4 members (excludes halogenated alkanes) is 71. The van der Waals surface area contributed by atoms with E-state index >= 15 is 0 Å². The van der Waals surface area contributed by atoms with Crippen LogP contribution in [0.5, 0.6) is 0 Å². The smallest absolute Gasteiger partial charge is 0.0654 e. The van der Waals surface area contributed by atoms with Gasteiger partial charge in [0, 0.05) is 23.1 Å². The first-order valence-electron chi connectivity index (χ1n) is 50.1. The fraction of sp³-hybridized carbons (Fsp3) is 0.830. The van der Waals surface area contributed by atoms with E-state index in [0.29, 0.717) is 0 Å². The summed E-state index contributed by atoms with van der Waals surface area (Å²) in [7, 11) is 0. The number of allylic oxidation sites excluding steroid dienone is 2. The van der Waals surface area contributed by atoms with E-state index in [1.807, 2.05) is 0 Å². The van der Waals surface area contributed by atoms with Gasteiger partial charge in [0.05, 0.1) is 0 Å². The molecule has 0 fully saturated rings. The van der Waals surface area contributed by atoms with E-state index in [1.165, 1.54) is 490 Å². The van der Waals surface area contributed by atoms with Gasteiger partial charge in [0.15, 0.2) is 0 Å². The number of nitrogens with zero attached hydrogens (tertiary/aromatic N) is 2. The van der Waals surface area contributed by atoms with Crippen molar-refractivity contribution >= 4 is 11.4 Å². The molecule has 109 heavy (non-hydrogen) atoms. The van der Waals surface area contributed by atoms with Crippen molar-refractivity contribution in [1.29, 1.82) is 0 Å². The van der Waals surface area contributed by atoms with Gasteiger partial charge in [-0.3, -0.25) is 0 Å². The molecule has 0 saturated carbocycles. The quantitative estimate of drug-likeness (QED) is 0.0273. The minimum absolute atomic E-state index is 0.851. The Kier molecular flexibility index (Phi) is 78.9. The third-order valence-corrected chi connectivity index (χ3v) is 26.3. The molecule has 0 atom stereocenters. The summed E-state index contributed by atoms with van der Waals surface area (Å²) >= 11 is 1.05. The summed E-state index contributed by atoms with van der Waals surface area (Å²) in [6.07, 6.45) is 114. The molecular formula is C106H190N2Pd. The van der Waals surface area contributed by atoms with Gasteiger partial charge in [-0.2, -0.15) is 0 Å². The predicted octanol–water partition coefficient (Wildman–Crippen LogP) is 38.4. The molecular weight excluding hydrogens is 1410 g/mol. The Balaban J connectivity index is 0.000000748. The van der Waals surface area contributed by atoms with E-state index in [4.69, 9.17) is 0 Å². The SMILES string of the molecule is CCCCCCCCCCCCCCCCCC#CC1=C(c2ccc(CCCC)cc2)[N+](=[N-])C(c2ccc(CCCCC)cc2)=C1CCCC.CCCCCCCCCCCCCCCCCCCCCCCCCCCC[CH2][Pd][CH2]CCCCCCCCCCCCCCCCCCCCCCCCCCCC. The van der Waals surface area contributed by atoms with Crippen molar-refractivity contribution in [2.75, 3.05) is 0 Å². The Morgan fingerprint density at radius 3 is 0.706 bits per heavy atom. The second-order valence-corrected chi connectivity index (χ2v) is 37.1. The fourth-order valence-electron chi connectivity index (χ4n) is 16.6. The molecule has 2 aromatic rings. The standard InChI is InChI=1S/C48H72N2.2C29H59.Pd/c1-5-9-13-14-15-16-17-18-19-20-21-22-23-24-25-26-28-32-46-45(31-12-8-4)47(43-39-35-42(36-40-43)30-27-10-6-2)50(49)48(46)44-37-33-41(34-38-44)29-11-7-3;2*1-3-5-7-9-11-13-15-17-19-21-23-25-27-29-28-26-24-22-20-18-16-14-12-10-8-6-4-2;/h33-40H,5-27,29-31H2,1-4H3;2*1,3-29H2,2H3;. The first kappa shape index (κ1) is 103. The number of benzene rings is 2. The number of hydrogen-bond acceptors (Lipinski definition) is 0. The summed E-state index contributed by atoms with van der Waals surface area (Å²) in [6.45, 7) is 13.7. The van der Waals surface area contributed by atoms with Gasteiger partial charge in [0.25, 0.3) is 0 Å². The molecule has 2 nitrogen and oxygen atoms in total. The Labute approximate surface area is 693 Å². The molecule has 2 aromatic carbocycles. The second kappa shape index (κ2) is 83.7. The molecule has 0 radical (unpaired) electrons. The molecule has 0 amide bonds. The molecule has 1 aliphatic heterocycles. The zero-order valence-corrected chi connectivity index (χ0v) is 76.4. The van der Waals surface area contributed by atoms with Crippen molar-refractivity contribution in [1.82, 2.24) is 0 Å². The van der Waals surface area contributed by atoms with Crippen molar-refractivity contribution in [3.05, 3.63) is 87.5 Å². The monoisotopic (exact) mass is 1600 g/mol. The Morgan fingerprint density at radius 2 is 0.440 bits per heavy atom. The predicted molar refractivity (Wildman–Crippen MR) is 489 cm³/mol. The molecule has 3 heteroatoms. The summed E-state index contributed by atoms with van der Waals surface area (Å²) in [5.41, 5.74) is 20.8. The molecule has 1 aliphatic rings. The second-order valence-electron chi connectivity index (χ2n) is 34.8. The van der Waals surface area contributed by atoms with Crippen molar-refractivity contribution in [3.63, 3.8) is 0 Å². The van der Waals surface area contributed by atoms with Gasteiger partial charge in [0.1, 0.15) is 5.57 Å². The number of rotatable bonds is 83. The van der Waals surface area contributed by atoms with Gasteiger partial charge in [0.2, 0.25) is 11.4 Å². The van der Waals surface area contributed by atoms with Gasteiger partial charge in [-0.1, -0.05) is 399 Å². The molecule has 0 aliphatic carbocycles. The molecule has 634 valence electrons. The maximum atomic E-state index is 11.9. The Morgan fingerprint density at radius 1 is 0.229 bits per heavy atom. The van der Waals surface area contributed by atoms with Crippen molar-refractivity contribution < 1.29 is 22.7 Å². The van der Waals surface area contributed by atoms with Crippen LogP contribution in [0, 0.1) is 11.8 Å². The summed E-state index contributed by atoms with van der Waals surface area (Å²) < 4.78 is 1.47. The van der Waals surface area contributed by atoms with Crippen LogP contribution < -0.4 is 0 Å². The van der Waals surface area contributed by atoms with E-state index in [-0.39, 0.29) is 0 Å². The van der Waals surface area contributed by atoms with Crippen LogP contribution in [-0.4, -0.2) is 4.70 Å². The molecule has 1 heterocycles. The molecule has 0 bridgehead atoms. The van der Waals surface area contributed by atoms with E-state index in [9.17, 15) is 5.53 Å². The average Bonchev–Trinajstić information content (AvgIpc) is 1.61. The van der Waals surface area contributed by atoms with Crippen LogP contribution in [0.3, 0.4) is 0 Å². The van der Waals surface area contributed by atoms with Crippen molar-refractivity contribution in [3.8, 4) is 11.8 Å². The minimum atomic E-state index is 0.851. The van der Waals surface area contributed by atoms with Crippen LogP contribution in [0.1, 0.15) is 565 Å². The molecule has 0 aromatic heterocycles. The normalized spacial score (nSPS) is 12.3. The zero-order valence-electron chi connectivity index (χ0n) is 74.8.